The zero-order chi connectivity index (χ0) is 31.9. The summed E-state index contributed by atoms with van der Waals surface area (Å²) in [5.41, 5.74) is -0.738. The highest BCUT2D eigenvalue weighted by atomic mass is 16.7. The normalized spacial score (nSPS) is 18.4. The average molecular weight is 596 g/mol. The number of rotatable bonds is 13. The van der Waals surface area contributed by atoms with Crippen LogP contribution in [0.15, 0.2) is 48.5 Å². The van der Waals surface area contributed by atoms with E-state index in [-0.39, 0.29) is 18.0 Å². The summed E-state index contributed by atoms with van der Waals surface area (Å²) in [5, 5.41) is 25.1. The lowest BCUT2D eigenvalue weighted by atomic mass is 9.73. The molecular weight excluding hydrogens is 559 g/mol. The van der Waals surface area contributed by atoms with E-state index in [0.29, 0.717) is 5.69 Å². The molecule has 0 radical (unpaired) electrons. The Labute approximate surface area is 250 Å². The third kappa shape index (κ3) is 8.61. The van der Waals surface area contributed by atoms with Crippen LogP contribution in [0.3, 0.4) is 0 Å². The summed E-state index contributed by atoms with van der Waals surface area (Å²) < 4.78 is 11.2. The number of aliphatic hydroxyl groups excluding tert-OH is 1. The predicted molar refractivity (Wildman–Crippen MR) is 155 cm³/mol. The van der Waals surface area contributed by atoms with Gasteiger partial charge in [0.05, 0.1) is 30.6 Å². The molecule has 43 heavy (non-hydrogen) atoms. The van der Waals surface area contributed by atoms with Crippen molar-refractivity contribution in [3.8, 4) is 11.3 Å². The van der Waals surface area contributed by atoms with Crippen LogP contribution in [0.2, 0.25) is 0 Å². The van der Waals surface area contributed by atoms with Gasteiger partial charge in [-0.05, 0) is 31.4 Å². The molecule has 1 aliphatic heterocycles. The third-order valence-electron chi connectivity index (χ3n) is 6.79. The number of carbonyl (C=O) groups excluding carboxylic acids is 4. The van der Waals surface area contributed by atoms with Crippen LogP contribution in [0.25, 0.3) is 11.3 Å². The number of carboxylic acids is 1. The maximum Gasteiger partial charge on any atom is 0.552 e. The van der Waals surface area contributed by atoms with Crippen LogP contribution in [0.1, 0.15) is 50.5 Å². The molecule has 4 atom stereocenters. The Kier molecular flexibility index (Phi) is 11.0. The highest BCUT2D eigenvalue weighted by molar-refractivity contribution is 6.51. The van der Waals surface area contributed by atoms with E-state index in [2.05, 4.69) is 15.6 Å². The van der Waals surface area contributed by atoms with Crippen molar-refractivity contribution in [1.82, 2.24) is 20.5 Å². The molecule has 1 aromatic heterocycles. The van der Waals surface area contributed by atoms with Gasteiger partial charge < -0.3 is 35.1 Å². The maximum absolute atomic E-state index is 13.4. The molecule has 1 saturated heterocycles. The van der Waals surface area contributed by atoms with Crippen LogP contribution in [0, 0.1) is 5.92 Å². The van der Waals surface area contributed by atoms with Crippen LogP contribution in [0.5, 0.6) is 0 Å². The van der Waals surface area contributed by atoms with Gasteiger partial charge in [0, 0.05) is 19.7 Å². The molecule has 14 heteroatoms. The summed E-state index contributed by atoms with van der Waals surface area (Å²) in [5.74, 6) is -5.53. The number of nitrogens with one attached hydrogen (secondary N) is 2. The number of nitrogens with zero attached hydrogens (tertiary/aromatic N) is 2. The van der Waals surface area contributed by atoms with Crippen molar-refractivity contribution in [2.75, 3.05) is 14.1 Å². The largest absolute Gasteiger partial charge is 0.552 e. The smallest absolute Gasteiger partial charge is 0.506 e. The Balaban J connectivity index is 1.80. The van der Waals surface area contributed by atoms with E-state index in [9.17, 15) is 34.2 Å². The van der Waals surface area contributed by atoms with Crippen LogP contribution >= 0.6 is 0 Å². The molecule has 0 aliphatic carbocycles. The minimum atomic E-state index is -2.09. The highest BCUT2D eigenvalue weighted by Gasteiger charge is 2.58. The van der Waals surface area contributed by atoms with Crippen molar-refractivity contribution in [3.05, 3.63) is 54.2 Å². The molecule has 0 bridgehead atoms. The molecule has 3 unspecified atom stereocenters. The molecule has 230 valence electrons. The monoisotopic (exact) mass is 596 g/mol. The summed E-state index contributed by atoms with van der Waals surface area (Å²) in [7, 11) is 1.48. The lowest BCUT2D eigenvalue weighted by molar-refractivity contribution is -0.155. The molecule has 2 heterocycles. The Morgan fingerprint density at radius 3 is 2.26 bits per heavy atom. The Hall–Kier alpha value is -4.30. The number of aliphatic hydroxyl groups is 1. The van der Waals surface area contributed by atoms with Gasteiger partial charge in [0.25, 0.3) is 5.91 Å². The summed E-state index contributed by atoms with van der Waals surface area (Å²) in [4.78, 5) is 69.1. The molecule has 1 fully saturated rings. The fraction of sp³-hybridized carbons (Fsp3) is 0.448. The van der Waals surface area contributed by atoms with Gasteiger partial charge in [-0.3, -0.25) is 24.0 Å². The number of benzene rings is 1. The summed E-state index contributed by atoms with van der Waals surface area (Å²) in [6.45, 7) is 5.01. The SMILES string of the molecule is CC(C)CC(NC(=O)C(NC(=O)c1cccc(-c2ccccc2)n1)C(C)O)B1OC(=O)[C@](CC(=O)O)(CC(=O)N(C)C)O1. The van der Waals surface area contributed by atoms with E-state index in [1.807, 2.05) is 44.2 Å². The number of carboxylic acid groups (broad SMARTS) is 1. The first-order valence-electron chi connectivity index (χ1n) is 13.8. The first kappa shape index (κ1) is 33.2. The van der Waals surface area contributed by atoms with Crippen LogP contribution in [-0.2, 0) is 28.5 Å². The summed E-state index contributed by atoms with van der Waals surface area (Å²) in [6, 6.07) is 12.6. The molecule has 1 aliphatic rings. The molecule has 3 amide bonds. The van der Waals surface area contributed by atoms with Crippen molar-refractivity contribution in [1.29, 1.82) is 0 Å². The van der Waals surface area contributed by atoms with Gasteiger partial charge in [0.2, 0.25) is 11.8 Å². The number of amides is 3. The molecule has 0 saturated carbocycles. The molecule has 0 spiro atoms. The molecule has 4 N–H and O–H groups in total. The van der Waals surface area contributed by atoms with Crippen LogP contribution in [0.4, 0.5) is 0 Å². The van der Waals surface area contributed by atoms with Gasteiger partial charge in [-0.25, -0.2) is 4.98 Å². The average Bonchev–Trinajstić information content (AvgIpc) is 3.25. The third-order valence-corrected chi connectivity index (χ3v) is 6.79. The molecular formula is C29H37BN4O9. The second-order valence-electron chi connectivity index (χ2n) is 11.1. The van der Waals surface area contributed by atoms with Gasteiger partial charge in [-0.2, -0.15) is 0 Å². The highest BCUT2D eigenvalue weighted by Crippen LogP contribution is 2.33. The summed E-state index contributed by atoms with van der Waals surface area (Å²) in [6.07, 6.45) is -2.52. The van der Waals surface area contributed by atoms with Gasteiger partial charge in [-0.15, -0.1) is 0 Å². The number of aromatic nitrogens is 1. The molecule has 13 nitrogen and oxygen atoms in total. The number of hydrogen-bond donors (Lipinski definition) is 4. The second-order valence-corrected chi connectivity index (χ2v) is 11.1. The number of carbonyl (C=O) groups is 5. The van der Waals surface area contributed by atoms with Gasteiger partial charge in [0.15, 0.2) is 5.60 Å². The molecule has 2 aromatic rings. The van der Waals surface area contributed by atoms with Crippen molar-refractivity contribution >= 4 is 36.8 Å². The predicted octanol–water partition coefficient (Wildman–Crippen LogP) is 1.05. The first-order valence-corrected chi connectivity index (χ1v) is 13.8. The number of pyridine rings is 1. The Bertz CT molecular complexity index is 1340. The standard InChI is InChI=1S/C29H37BN4O9/c1-17(2)14-22(30-42-28(41)29(43-30,16-24(37)38)15-23(36)34(4)5)32-27(40)25(18(3)35)33-26(39)21-13-9-12-20(31-21)19-10-7-6-8-11-19/h6-13,17-18,22,25,35H,14-16H2,1-5H3,(H,32,40)(H,33,39)(H,37,38)/t18?,22?,25?,29-/m1/s1. The van der Waals surface area contributed by atoms with E-state index in [0.717, 1.165) is 5.56 Å². The molecule has 3 rings (SSSR count). The maximum atomic E-state index is 13.4. The first-order chi connectivity index (χ1) is 20.2. The van der Waals surface area contributed by atoms with Gasteiger partial charge in [-0.1, -0.05) is 50.2 Å². The van der Waals surface area contributed by atoms with Crippen molar-refractivity contribution < 1.29 is 43.5 Å². The van der Waals surface area contributed by atoms with Crippen molar-refractivity contribution in [2.45, 2.75) is 63.7 Å². The topological polar surface area (TPSA) is 184 Å². The van der Waals surface area contributed by atoms with Gasteiger partial charge >= 0.3 is 19.1 Å². The van der Waals surface area contributed by atoms with Crippen LogP contribution < -0.4 is 10.6 Å². The minimum absolute atomic E-state index is 0.0237. The zero-order valence-corrected chi connectivity index (χ0v) is 24.8. The van der Waals surface area contributed by atoms with E-state index >= 15 is 0 Å². The zero-order valence-electron chi connectivity index (χ0n) is 24.8. The fourth-order valence-electron chi connectivity index (χ4n) is 4.58. The van der Waals surface area contributed by atoms with Crippen molar-refractivity contribution in [2.24, 2.45) is 5.92 Å². The quantitative estimate of drug-likeness (QED) is 0.244. The van der Waals surface area contributed by atoms with E-state index in [1.54, 1.807) is 12.1 Å². The number of hydrogen-bond acceptors (Lipinski definition) is 9. The van der Waals surface area contributed by atoms with Crippen molar-refractivity contribution in [3.63, 3.8) is 0 Å². The molecule has 1 aromatic carbocycles. The second kappa shape index (κ2) is 14.3. The Morgan fingerprint density at radius 2 is 1.67 bits per heavy atom. The lowest BCUT2D eigenvalue weighted by Gasteiger charge is -2.28. The Morgan fingerprint density at radius 1 is 1.00 bits per heavy atom. The van der Waals surface area contributed by atoms with E-state index in [1.165, 1.54) is 32.0 Å². The van der Waals surface area contributed by atoms with Crippen LogP contribution in [-0.4, -0.2) is 94.7 Å². The van der Waals surface area contributed by atoms with E-state index in [4.69, 9.17) is 9.31 Å². The fourth-order valence-corrected chi connectivity index (χ4v) is 4.58. The van der Waals surface area contributed by atoms with Gasteiger partial charge in [0.1, 0.15) is 11.7 Å². The number of aliphatic carboxylic acids is 1. The lowest BCUT2D eigenvalue weighted by Crippen LogP contribution is -2.58. The minimum Gasteiger partial charge on any atom is -0.506 e. The van der Waals surface area contributed by atoms with E-state index < -0.39 is 73.3 Å². The summed E-state index contributed by atoms with van der Waals surface area (Å²) >= 11 is 0.